The summed E-state index contributed by atoms with van der Waals surface area (Å²) in [5.41, 5.74) is 0. The van der Waals surface area contributed by atoms with Crippen molar-refractivity contribution in [3.63, 3.8) is 0 Å². The predicted octanol–water partition coefficient (Wildman–Crippen LogP) is 3.72. The van der Waals surface area contributed by atoms with Gasteiger partial charge in [-0.2, -0.15) is 0 Å². The lowest BCUT2D eigenvalue weighted by atomic mass is 10.2. The summed E-state index contributed by atoms with van der Waals surface area (Å²) in [6, 6.07) is 8.00. The van der Waals surface area contributed by atoms with Crippen LogP contribution in [0.1, 0.15) is 24.1 Å². The van der Waals surface area contributed by atoms with E-state index in [0.717, 1.165) is 66.9 Å². The number of nitrogens with zero attached hydrogens (tertiary/aromatic N) is 3. The van der Waals surface area contributed by atoms with E-state index in [0.29, 0.717) is 18.1 Å². The second-order valence-corrected chi connectivity index (χ2v) is 9.11. The van der Waals surface area contributed by atoms with E-state index in [2.05, 4.69) is 4.90 Å². The maximum atomic E-state index is 12.7. The van der Waals surface area contributed by atoms with Crippen LogP contribution in [0.2, 0.25) is 5.02 Å². The molecule has 2 fully saturated rings. The zero-order valence-corrected chi connectivity index (χ0v) is 18.1. The number of fused-ring (bicyclic) bond motifs is 1. The molecule has 0 aliphatic carbocycles. The van der Waals surface area contributed by atoms with E-state index in [1.165, 1.54) is 0 Å². The van der Waals surface area contributed by atoms with Crippen LogP contribution in [-0.2, 0) is 9.59 Å². The number of likely N-dealkylation sites (tertiary alicyclic amines) is 1. The van der Waals surface area contributed by atoms with Gasteiger partial charge >= 0.3 is 0 Å². The molecule has 0 N–H and O–H groups in total. The van der Waals surface area contributed by atoms with Gasteiger partial charge in [0.2, 0.25) is 11.8 Å². The average Bonchev–Trinajstić information content (AvgIpc) is 3.31. The van der Waals surface area contributed by atoms with Crippen molar-refractivity contribution in [3.05, 3.63) is 40.2 Å². The largest absolute Gasteiger partial charge is 0.342 e. The minimum atomic E-state index is 0.00578. The Kier molecular flexibility index (Phi) is 6.53. The molecule has 2 aliphatic heterocycles. The number of hydrogen-bond donors (Lipinski definition) is 0. The Morgan fingerprint density at radius 3 is 2.52 bits per heavy atom. The van der Waals surface area contributed by atoms with Crippen molar-refractivity contribution in [2.75, 3.05) is 45.8 Å². The monoisotopic (exact) mass is 431 g/mol. The van der Waals surface area contributed by atoms with E-state index in [1.807, 2.05) is 40.1 Å². The minimum absolute atomic E-state index is 0.00578. The lowest BCUT2D eigenvalue weighted by Crippen LogP contribution is -2.41. The van der Waals surface area contributed by atoms with Gasteiger partial charge in [-0.1, -0.05) is 29.8 Å². The highest BCUT2D eigenvalue weighted by molar-refractivity contribution is 7.20. The van der Waals surface area contributed by atoms with E-state index in [1.54, 1.807) is 17.4 Å². The maximum Gasteiger partial charge on any atom is 0.246 e. The summed E-state index contributed by atoms with van der Waals surface area (Å²) in [5, 5.41) is 1.73. The summed E-state index contributed by atoms with van der Waals surface area (Å²) in [7, 11) is 0. The van der Waals surface area contributed by atoms with Gasteiger partial charge in [0, 0.05) is 60.3 Å². The molecule has 0 bridgehead atoms. The molecule has 0 unspecified atom stereocenters. The molecule has 3 heterocycles. The normalized spacial score (nSPS) is 18.7. The number of rotatable bonds is 4. The predicted molar refractivity (Wildman–Crippen MR) is 119 cm³/mol. The molecule has 0 radical (unpaired) electrons. The quantitative estimate of drug-likeness (QED) is 0.693. The van der Waals surface area contributed by atoms with Crippen LogP contribution in [0.3, 0.4) is 0 Å². The van der Waals surface area contributed by atoms with Gasteiger partial charge in [-0.3, -0.25) is 14.5 Å². The molecule has 0 spiro atoms. The van der Waals surface area contributed by atoms with Gasteiger partial charge in [0.1, 0.15) is 0 Å². The smallest absolute Gasteiger partial charge is 0.246 e. The van der Waals surface area contributed by atoms with Crippen molar-refractivity contribution < 1.29 is 9.59 Å². The van der Waals surface area contributed by atoms with E-state index in [4.69, 9.17) is 11.6 Å². The highest BCUT2D eigenvalue weighted by Gasteiger charge is 2.23. The Balaban J connectivity index is 1.33. The molecular formula is C22H26ClN3O2S. The zero-order chi connectivity index (χ0) is 20.2. The van der Waals surface area contributed by atoms with E-state index in [9.17, 15) is 9.59 Å². The van der Waals surface area contributed by atoms with Gasteiger partial charge in [0.05, 0.1) is 11.6 Å². The molecule has 2 aliphatic rings. The second-order valence-electron chi connectivity index (χ2n) is 7.65. The van der Waals surface area contributed by atoms with E-state index < -0.39 is 0 Å². The van der Waals surface area contributed by atoms with Gasteiger partial charge in [-0.25, -0.2) is 0 Å². The number of carbonyl (C=O) groups is 2. The molecule has 154 valence electrons. The first-order valence-electron chi connectivity index (χ1n) is 10.3. The van der Waals surface area contributed by atoms with E-state index in [-0.39, 0.29) is 11.8 Å². The molecule has 1 aromatic heterocycles. The molecule has 29 heavy (non-hydrogen) atoms. The van der Waals surface area contributed by atoms with Crippen molar-refractivity contribution in [1.29, 1.82) is 0 Å². The Morgan fingerprint density at radius 2 is 1.72 bits per heavy atom. The summed E-state index contributed by atoms with van der Waals surface area (Å²) in [6.45, 7) is 5.21. The molecule has 1 aromatic carbocycles. The van der Waals surface area contributed by atoms with Crippen molar-refractivity contribution in [1.82, 2.24) is 14.7 Å². The third-order valence-corrected chi connectivity index (χ3v) is 7.31. The van der Waals surface area contributed by atoms with Crippen LogP contribution in [0.15, 0.2) is 30.3 Å². The molecule has 2 amide bonds. The first-order chi connectivity index (χ1) is 14.1. The zero-order valence-electron chi connectivity index (χ0n) is 16.5. The number of carbonyl (C=O) groups excluding carboxylic acids is 2. The number of amides is 2. The number of benzene rings is 1. The number of thiophene rings is 1. The van der Waals surface area contributed by atoms with Gasteiger partial charge in [-0.15, -0.1) is 11.3 Å². The molecule has 0 atom stereocenters. The standard InChI is InChI=1S/C22H26ClN3O2S/c23-22-17-6-1-2-7-18(17)29-19(22)8-9-20(27)26-13-5-10-24(14-15-26)16-21(28)25-11-3-4-12-25/h1-2,6-9H,3-5,10-16H2. The number of hydrogen-bond acceptors (Lipinski definition) is 4. The maximum absolute atomic E-state index is 12.7. The summed E-state index contributed by atoms with van der Waals surface area (Å²) in [5.74, 6) is 0.229. The second kappa shape index (κ2) is 9.28. The molecule has 7 heteroatoms. The van der Waals surface area contributed by atoms with Crippen molar-refractivity contribution in [2.24, 2.45) is 0 Å². The Hall–Kier alpha value is -1.89. The SMILES string of the molecule is O=C(C=Cc1sc2ccccc2c1Cl)N1CCCN(CC(=O)N2CCCC2)CC1. The highest BCUT2D eigenvalue weighted by Crippen LogP contribution is 2.35. The first kappa shape index (κ1) is 20.4. The Morgan fingerprint density at radius 1 is 0.966 bits per heavy atom. The fourth-order valence-corrected chi connectivity index (χ4v) is 5.40. The molecule has 4 rings (SSSR count). The fourth-order valence-electron chi connectivity index (χ4n) is 4.00. The van der Waals surface area contributed by atoms with Crippen LogP contribution >= 0.6 is 22.9 Å². The fraction of sp³-hybridized carbons (Fsp3) is 0.455. The minimum Gasteiger partial charge on any atom is -0.342 e. The topological polar surface area (TPSA) is 43.9 Å². The highest BCUT2D eigenvalue weighted by atomic mass is 35.5. The first-order valence-corrected chi connectivity index (χ1v) is 11.5. The molecular weight excluding hydrogens is 406 g/mol. The molecule has 0 saturated carbocycles. The van der Waals surface area contributed by atoms with Crippen molar-refractivity contribution >= 4 is 50.9 Å². The van der Waals surface area contributed by atoms with E-state index >= 15 is 0 Å². The van der Waals surface area contributed by atoms with Crippen LogP contribution in [0.25, 0.3) is 16.2 Å². The van der Waals surface area contributed by atoms with Gasteiger partial charge < -0.3 is 9.80 Å². The van der Waals surface area contributed by atoms with Crippen LogP contribution in [0.5, 0.6) is 0 Å². The molecule has 2 aromatic rings. The molecule has 5 nitrogen and oxygen atoms in total. The van der Waals surface area contributed by atoms with Crippen molar-refractivity contribution in [2.45, 2.75) is 19.3 Å². The summed E-state index contributed by atoms with van der Waals surface area (Å²) in [6.07, 6.45) is 6.57. The third-order valence-electron chi connectivity index (χ3n) is 5.65. The van der Waals surface area contributed by atoms with Crippen LogP contribution in [0, 0.1) is 0 Å². The average molecular weight is 432 g/mol. The summed E-state index contributed by atoms with van der Waals surface area (Å²) in [4.78, 5) is 32.0. The van der Waals surface area contributed by atoms with Crippen molar-refractivity contribution in [3.8, 4) is 0 Å². The van der Waals surface area contributed by atoms with Gasteiger partial charge in [0.15, 0.2) is 0 Å². The molecule has 2 saturated heterocycles. The Labute approximate surface area is 180 Å². The summed E-state index contributed by atoms with van der Waals surface area (Å²) < 4.78 is 1.12. The summed E-state index contributed by atoms with van der Waals surface area (Å²) >= 11 is 8.06. The van der Waals surface area contributed by atoms with Gasteiger partial charge in [-0.05, 0) is 31.4 Å². The number of halogens is 1. The van der Waals surface area contributed by atoms with Crippen LogP contribution in [-0.4, -0.2) is 72.3 Å². The van der Waals surface area contributed by atoms with Crippen LogP contribution in [0.4, 0.5) is 0 Å². The third kappa shape index (κ3) is 4.82. The van der Waals surface area contributed by atoms with Crippen LogP contribution < -0.4 is 0 Å². The lowest BCUT2D eigenvalue weighted by Gasteiger charge is -2.23. The lowest BCUT2D eigenvalue weighted by molar-refractivity contribution is -0.131. The van der Waals surface area contributed by atoms with Gasteiger partial charge in [0.25, 0.3) is 0 Å². The Bertz CT molecular complexity index is 920.